The van der Waals surface area contributed by atoms with Crippen molar-refractivity contribution in [2.75, 3.05) is 44.3 Å². The minimum Gasteiger partial charge on any atom is -0.380 e. The maximum atomic E-state index is 12.9. The molecule has 1 N–H and O–H groups in total. The Balaban J connectivity index is 1.32. The number of aromatic nitrogens is 1. The number of hydrogen-bond donors (Lipinski definition) is 1. The molecule has 9 heteroatoms. The van der Waals surface area contributed by atoms with Gasteiger partial charge in [-0.05, 0) is 62.8 Å². The number of pyridine rings is 1. The van der Waals surface area contributed by atoms with E-state index in [9.17, 15) is 9.59 Å². The van der Waals surface area contributed by atoms with Crippen LogP contribution < -0.4 is 10.3 Å². The van der Waals surface area contributed by atoms with Gasteiger partial charge in [0, 0.05) is 44.3 Å². The van der Waals surface area contributed by atoms with E-state index in [0.717, 1.165) is 62.4 Å². The molecule has 3 amide bonds. The highest BCUT2D eigenvalue weighted by Gasteiger charge is 2.37. The summed E-state index contributed by atoms with van der Waals surface area (Å²) in [5.41, 5.74) is 6.06. The van der Waals surface area contributed by atoms with Gasteiger partial charge in [0.1, 0.15) is 12.0 Å². The number of carbonyl (C=O) groups is 2. The highest BCUT2D eigenvalue weighted by molar-refractivity contribution is 5.94. The summed E-state index contributed by atoms with van der Waals surface area (Å²) in [7, 11) is 0. The summed E-state index contributed by atoms with van der Waals surface area (Å²) in [6.45, 7) is 6.10. The largest absolute Gasteiger partial charge is 0.380 e. The summed E-state index contributed by atoms with van der Waals surface area (Å²) in [6.07, 6.45) is 12.6. The van der Waals surface area contributed by atoms with E-state index in [4.69, 9.17) is 9.72 Å². The second-order valence-corrected chi connectivity index (χ2v) is 8.83. The molecule has 2 saturated heterocycles. The first-order valence-corrected chi connectivity index (χ1v) is 12.0. The number of fused-ring (bicyclic) bond motifs is 2. The van der Waals surface area contributed by atoms with Crippen molar-refractivity contribution in [3.8, 4) is 0 Å². The summed E-state index contributed by atoms with van der Waals surface area (Å²) in [5, 5.41) is 1.60. The number of hydrazine groups is 1. The van der Waals surface area contributed by atoms with Gasteiger partial charge in [-0.15, -0.1) is 0 Å². The average molecular weight is 453 g/mol. The van der Waals surface area contributed by atoms with Gasteiger partial charge in [0.05, 0.1) is 18.7 Å². The molecule has 9 nitrogen and oxygen atoms in total. The molecule has 1 atom stereocenters. The molecular formula is C24H32N6O3. The highest BCUT2D eigenvalue weighted by atomic mass is 16.5. The number of rotatable bonds is 6. The maximum Gasteiger partial charge on any atom is 0.340 e. The number of allylic oxidation sites excluding steroid dienone is 1. The first-order valence-electron chi connectivity index (χ1n) is 12.0. The quantitative estimate of drug-likeness (QED) is 0.668. The van der Waals surface area contributed by atoms with Crippen molar-refractivity contribution < 1.29 is 14.3 Å². The van der Waals surface area contributed by atoms with Crippen molar-refractivity contribution in [1.29, 1.82) is 0 Å². The molecule has 5 rings (SSSR count). The van der Waals surface area contributed by atoms with Crippen molar-refractivity contribution in [2.45, 2.75) is 45.2 Å². The molecule has 33 heavy (non-hydrogen) atoms. The molecule has 0 saturated carbocycles. The van der Waals surface area contributed by atoms with Crippen LogP contribution in [-0.4, -0.2) is 77.3 Å². The Morgan fingerprint density at radius 2 is 2.06 bits per heavy atom. The normalized spacial score (nSPS) is 22.4. The Kier molecular flexibility index (Phi) is 6.32. The van der Waals surface area contributed by atoms with Gasteiger partial charge in [0.25, 0.3) is 5.91 Å². The molecule has 176 valence electrons. The molecule has 5 heterocycles. The zero-order valence-electron chi connectivity index (χ0n) is 19.2. The van der Waals surface area contributed by atoms with E-state index in [0.29, 0.717) is 25.3 Å². The lowest BCUT2D eigenvalue weighted by atomic mass is 10.0. The van der Waals surface area contributed by atoms with Gasteiger partial charge in [-0.25, -0.2) is 15.2 Å². The lowest BCUT2D eigenvalue weighted by Crippen LogP contribution is -2.40. The second-order valence-electron chi connectivity index (χ2n) is 8.83. The Bertz CT molecular complexity index is 971. The molecule has 4 aliphatic heterocycles. The molecule has 0 spiro atoms. The van der Waals surface area contributed by atoms with E-state index >= 15 is 0 Å². The molecule has 0 radical (unpaired) electrons. The van der Waals surface area contributed by atoms with Crippen molar-refractivity contribution in [3.05, 3.63) is 47.4 Å². The molecule has 1 aromatic heterocycles. The molecule has 0 aromatic carbocycles. The van der Waals surface area contributed by atoms with E-state index < -0.39 is 0 Å². The van der Waals surface area contributed by atoms with Crippen LogP contribution in [0.4, 0.5) is 10.6 Å². The number of nitrogens with zero attached hydrogens (tertiary/aromatic N) is 5. The minimum atomic E-state index is -0.232. The summed E-state index contributed by atoms with van der Waals surface area (Å²) < 4.78 is 5.39. The van der Waals surface area contributed by atoms with E-state index in [1.165, 1.54) is 6.42 Å². The molecule has 1 unspecified atom stereocenters. The van der Waals surface area contributed by atoms with E-state index in [1.807, 2.05) is 30.2 Å². The molecule has 4 aliphatic rings. The van der Waals surface area contributed by atoms with E-state index in [-0.39, 0.29) is 18.1 Å². The van der Waals surface area contributed by atoms with Crippen molar-refractivity contribution in [1.82, 2.24) is 25.2 Å². The lowest BCUT2D eigenvalue weighted by molar-refractivity contribution is 0.0723. The number of aryl methyl sites for hydroxylation is 1. The van der Waals surface area contributed by atoms with Crippen LogP contribution in [0.1, 0.15) is 48.5 Å². The van der Waals surface area contributed by atoms with Gasteiger partial charge in [0.2, 0.25) is 0 Å². The number of nitrogens with one attached hydrogen (secondary N) is 1. The van der Waals surface area contributed by atoms with E-state index in [2.05, 4.69) is 16.4 Å². The molecule has 1 aromatic rings. The van der Waals surface area contributed by atoms with Gasteiger partial charge in [0.15, 0.2) is 0 Å². The monoisotopic (exact) mass is 452 g/mol. The van der Waals surface area contributed by atoms with Crippen molar-refractivity contribution in [2.24, 2.45) is 0 Å². The predicted molar refractivity (Wildman–Crippen MR) is 124 cm³/mol. The van der Waals surface area contributed by atoms with Crippen LogP contribution in [0, 0.1) is 0 Å². The second kappa shape index (κ2) is 9.52. The number of likely N-dealkylation sites (tertiary alicyclic amines) is 1. The Morgan fingerprint density at radius 3 is 2.88 bits per heavy atom. The first kappa shape index (κ1) is 21.9. The van der Waals surface area contributed by atoms with Crippen LogP contribution in [0.25, 0.3) is 0 Å². The van der Waals surface area contributed by atoms with Crippen molar-refractivity contribution in [3.63, 3.8) is 0 Å². The van der Waals surface area contributed by atoms with Gasteiger partial charge in [-0.1, -0.05) is 0 Å². The lowest BCUT2D eigenvalue weighted by Gasteiger charge is -2.34. The zero-order chi connectivity index (χ0) is 22.8. The number of hydrogen-bond acceptors (Lipinski definition) is 6. The fourth-order valence-corrected chi connectivity index (χ4v) is 4.94. The predicted octanol–water partition coefficient (Wildman–Crippen LogP) is 2.48. The molecular weight excluding hydrogens is 420 g/mol. The third kappa shape index (κ3) is 4.35. The summed E-state index contributed by atoms with van der Waals surface area (Å²) in [6, 6.07) is 1.95. The molecule has 0 bridgehead atoms. The number of anilines is 1. The fraction of sp³-hybridized carbons (Fsp3) is 0.542. The fourth-order valence-electron chi connectivity index (χ4n) is 4.94. The third-order valence-corrected chi connectivity index (χ3v) is 6.67. The highest BCUT2D eigenvalue weighted by Crippen LogP contribution is 2.32. The van der Waals surface area contributed by atoms with Crippen molar-refractivity contribution >= 4 is 17.8 Å². The zero-order valence-corrected chi connectivity index (χ0v) is 19.2. The summed E-state index contributed by atoms with van der Waals surface area (Å²) >= 11 is 0. The van der Waals surface area contributed by atoms with Crippen LogP contribution in [0.2, 0.25) is 0 Å². The third-order valence-electron chi connectivity index (χ3n) is 6.67. The molecule has 0 aliphatic carbocycles. The van der Waals surface area contributed by atoms with Gasteiger partial charge in [-0.2, -0.15) is 0 Å². The van der Waals surface area contributed by atoms with Crippen LogP contribution in [0.3, 0.4) is 0 Å². The van der Waals surface area contributed by atoms with Crippen LogP contribution in [0.15, 0.2) is 36.3 Å². The Morgan fingerprint density at radius 1 is 1.21 bits per heavy atom. The van der Waals surface area contributed by atoms with E-state index in [1.54, 1.807) is 16.1 Å². The minimum absolute atomic E-state index is 0.0794. The molecule has 2 fully saturated rings. The standard InChI is InChI=1S/C24H32N6O3/c1-2-33-14-13-30-24(32)29-12-8-20(16-21(29)26-30)28-11-6-7-18-15-19(17-25-22(18)28)23(31)27-9-4-3-5-10-27/h8,12,15-17,21,26H,2-7,9-11,13-14H2,1H3. The summed E-state index contributed by atoms with van der Waals surface area (Å²) in [5.74, 6) is 0.994. The number of ether oxygens (including phenoxy) is 1. The van der Waals surface area contributed by atoms with Gasteiger partial charge < -0.3 is 14.5 Å². The van der Waals surface area contributed by atoms with Gasteiger partial charge >= 0.3 is 6.03 Å². The Labute approximate surface area is 194 Å². The van der Waals surface area contributed by atoms with Crippen LogP contribution >= 0.6 is 0 Å². The number of urea groups is 1. The Hall–Kier alpha value is -2.91. The number of amides is 3. The number of carbonyl (C=O) groups excluding carboxylic acids is 2. The van der Waals surface area contributed by atoms with Crippen LogP contribution in [-0.2, 0) is 11.2 Å². The smallest absolute Gasteiger partial charge is 0.340 e. The first-order chi connectivity index (χ1) is 16.2. The average Bonchev–Trinajstić information content (AvgIpc) is 3.18. The topological polar surface area (TPSA) is 81.2 Å². The SMILES string of the molecule is CCOCCN1NC2C=C(N3CCCc4cc(C(=O)N5CCCCC5)cnc43)C=CN2C1=O. The maximum absolute atomic E-state index is 12.9. The number of piperidine rings is 1. The van der Waals surface area contributed by atoms with Crippen LogP contribution in [0.5, 0.6) is 0 Å². The summed E-state index contributed by atoms with van der Waals surface area (Å²) in [4.78, 5) is 36.1. The van der Waals surface area contributed by atoms with Gasteiger partial charge in [-0.3, -0.25) is 14.7 Å².